The molecule has 0 fully saturated rings. The molecule has 0 aliphatic heterocycles. The van der Waals surface area contributed by atoms with E-state index >= 15 is 0 Å². The van der Waals surface area contributed by atoms with Gasteiger partial charge >= 0.3 is 0 Å². The lowest BCUT2D eigenvalue weighted by atomic mass is 10.1. The molecule has 0 aliphatic carbocycles. The van der Waals surface area contributed by atoms with E-state index < -0.39 is 6.10 Å². The smallest absolute Gasteiger partial charge is 0.129 e. The van der Waals surface area contributed by atoms with Gasteiger partial charge in [0.15, 0.2) is 0 Å². The molecule has 2 rings (SSSR count). The average Bonchev–Trinajstić information content (AvgIpc) is 3.10. The molecule has 1 aromatic carbocycles. The first-order valence-corrected chi connectivity index (χ1v) is 8.73. The Morgan fingerprint density at radius 2 is 2.04 bits per heavy atom. The van der Waals surface area contributed by atoms with Gasteiger partial charge in [-0.25, -0.2) is 0 Å². The molecule has 0 saturated carbocycles. The van der Waals surface area contributed by atoms with Crippen molar-refractivity contribution in [3.8, 4) is 0 Å². The largest absolute Gasteiger partial charge is 0.467 e. The average molecular weight is 347 g/mol. The molecule has 0 aliphatic rings. The number of nitrogens with zero attached hydrogens (tertiary/aromatic N) is 1. The van der Waals surface area contributed by atoms with Gasteiger partial charge in [-0.2, -0.15) is 0 Å². The van der Waals surface area contributed by atoms with Crippen LogP contribution in [0.1, 0.15) is 23.3 Å². The van der Waals surface area contributed by atoms with Gasteiger partial charge in [0, 0.05) is 33.4 Å². The van der Waals surface area contributed by atoms with Crippen LogP contribution in [0, 0.1) is 6.92 Å². The Bertz CT molecular complexity index is 585. The highest BCUT2D eigenvalue weighted by molar-refractivity contribution is 5.25. The second kappa shape index (κ2) is 11.1. The van der Waals surface area contributed by atoms with E-state index in [-0.39, 0.29) is 6.61 Å². The molecule has 0 radical (unpaired) electrons. The predicted octanol–water partition coefficient (Wildman–Crippen LogP) is 3.00. The minimum atomic E-state index is -0.540. The summed E-state index contributed by atoms with van der Waals surface area (Å²) in [5.41, 5.74) is 2.55. The fourth-order valence-electron chi connectivity index (χ4n) is 2.74. The number of benzene rings is 1. The van der Waals surface area contributed by atoms with Crippen molar-refractivity contribution in [1.29, 1.82) is 0 Å². The van der Waals surface area contributed by atoms with Gasteiger partial charge in [-0.1, -0.05) is 24.3 Å². The maximum Gasteiger partial charge on any atom is 0.129 e. The van der Waals surface area contributed by atoms with Crippen LogP contribution < -0.4 is 0 Å². The predicted molar refractivity (Wildman–Crippen MR) is 97.3 cm³/mol. The molecule has 1 heterocycles. The zero-order chi connectivity index (χ0) is 17.9. The third kappa shape index (κ3) is 7.40. The summed E-state index contributed by atoms with van der Waals surface area (Å²) in [5.74, 6) is 0.768. The van der Waals surface area contributed by atoms with Crippen molar-refractivity contribution >= 4 is 0 Å². The third-order valence-electron chi connectivity index (χ3n) is 4.08. The lowest BCUT2D eigenvalue weighted by Gasteiger charge is -2.25. The number of aryl methyl sites for hydroxylation is 1. The summed E-state index contributed by atoms with van der Waals surface area (Å²) < 4.78 is 15.9. The molecule has 1 aromatic heterocycles. The van der Waals surface area contributed by atoms with Crippen LogP contribution in [0.5, 0.6) is 0 Å². The fourth-order valence-corrected chi connectivity index (χ4v) is 2.74. The van der Waals surface area contributed by atoms with Gasteiger partial charge in [0.1, 0.15) is 12.4 Å². The first-order valence-electron chi connectivity index (χ1n) is 8.73. The topological polar surface area (TPSA) is 55.1 Å². The SMILES string of the molecule is COCCCN(Cc1ccccc1C)C[C@H](O)COCc1ccco1. The van der Waals surface area contributed by atoms with E-state index in [2.05, 4.69) is 30.0 Å². The number of methoxy groups -OCH3 is 1. The van der Waals surface area contributed by atoms with Crippen molar-refractivity contribution in [2.75, 3.05) is 33.4 Å². The molecule has 5 nitrogen and oxygen atoms in total. The second-order valence-electron chi connectivity index (χ2n) is 6.26. The van der Waals surface area contributed by atoms with E-state index in [9.17, 15) is 5.11 Å². The van der Waals surface area contributed by atoms with E-state index in [1.165, 1.54) is 11.1 Å². The maximum atomic E-state index is 10.3. The molecule has 0 saturated heterocycles. The van der Waals surface area contributed by atoms with Gasteiger partial charge in [-0.15, -0.1) is 0 Å². The minimum Gasteiger partial charge on any atom is -0.467 e. The van der Waals surface area contributed by atoms with Crippen LogP contribution >= 0.6 is 0 Å². The highest BCUT2D eigenvalue weighted by Gasteiger charge is 2.14. The number of ether oxygens (including phenoxy) is 2. The van der Waals surface area contributed by atoms with Crippen molar-refractivity contribution < 1.29 is 19.0 Å². The molecule has 2 aromatic rings. The Kier molecular flexibility index (Phi) is 8.69. The number of hydrogen-bond donors (Lipinski definition) is 1. The summed E-state index contributed by atoms with van der Waals surface area (Å²) in [6.07, 6.45) is 2.01. The summed E-state index contributed by atoms with van der Waals surface area (Å²) in [6.45, 7) is 5.75. The molecule has 1 N–H and O–H groups in total. The van der Waals surface area contributed by atoms with E-state index in [4.69, 9.17) is 13.9 Å². The van der Waals surface area contributed by atoms with Crippen molar-refractivity contribution in [2.45, 2.75) is 32.6 Å². The number of hydrogen-bond acceptors (Lipinski definition) is 5. The monoisotopic (exact) mass is 347 g/mol. The molecule has 0 spiro atoms. The Morgan fingerprint density at radius 3 is 2.76 bits per heavy atom. The molecule has 25 heavy (non-hydrogen) atoms. The highest BCUT2D eigenvalue weighted by atomic mass is 16.5. The van der Waals surface area contributed by atoms with Crippen LogP contribution in [0.15, 0.2) is 47.1 Å². The molecular formula is C20H29NO4. The standard InChI is InChI=1S/C20H29NO4/c1-17-7-3-4-8-18(17)13-21(10-6-11-23-2)14-19(22)15-24-16-20-9-5-12-25-20/h3-5,7-9,12,19,22H,6,10-11,13-16H2,1-2H3/t19-/m0/s1. The van der Waals surface area contributed by atoms with Gasteiger partial charge in [-0.3, -0.25) is 4.90 Å². The summed E-state index contributed by atoms with van der Waals surface area (Å²) >= 11 is 0. The molecule has 0 unspecified atom stereocenters. The van der Waals surface area contributed by atoms with Crippen molar-refractivity contribution in [3.63, 3.8) is 0 Å². The van der Waals surface area contributed by atoms with Gasteiger partial charge in [0.2, 0.25) is 0 Å². The summed E-state index contributed by atoms with van der Waals surface area (Å²) in [6, 6.07) is 12.0. The first-order chi connectivity index (χ1) is 12.2. The van der Waals surface area contributed by atoms with Gasteiger partial charge in [0.05, 0.1) is 19.0 Å². The summed E-state index contributed by atoms with van der Waals surface area (Å²) in [5, 5.41) is 10.3. The van der Waals surface area contributed by atoms with Crippen LogP contribution in [0.25, 0.3) is 0 Å². The Balaban J connectivity index is 1.82. The van der Waals surface area contributed by atoms with E-state index in [1.807, 2.05) is 18.2 Å². The molecule has 0 amide bonds. The van der Waals surface area contributed by atoms with Crippen molar-refractivity contribution in [3.05, 3.63) is 59.5 Å². The van der Waals surface area contributed by atoms with Crippen LogP contribution in [-0.2, 0) is 22.6 Å². The molecule has 138 valence electrons. The molecule has 1 atom stereocenters. The normalized spacial score (nSPS) is 12.6. The number of furan rings is 1. The molecular weight excluding hydrogens is 318 g/mol. The zero-order valence-electron chi connectivity index (χ0n) is 15.2. The zero-order valence-corrected chi connectivity index (χ0v) is 15.2. The first kappa shape index (κ1) is 19.7. The third-order valence-corrected chi connectivity index (χ3v) is 4.08. The number of aliphatic hydroxyl groups excluding tert-OH is 1. The Hall–Kier alpha value is -1.66. The Labute approximate surface area is 150 Å². The number of rotatable bonds is 12. The second-order valence-corrected chi connectivity index (χ2v) is 6.26. The minimum absolute atomic E-state index is 0.287. The van der Waals surface area contributed by atoms with E-state index in [0.29, 0.717) is 13.2 Å². The van der Waals surface area contributed by atoms with E-state index in [1.54, 1.807) is 13.4 Å². The van der Waals surface area contributed by atoms with Crippen LogP contribution in [0.3, 0.4) is 0 Å². The van der Waals surface area contributed by atoms with E-state index in [0.717, 1.165) is 31.9 Å². The van der Waals surface area contributed by atoms with Crippen LogP contribution in [0.2, 0.25) is 0 Å². The highest BCUT2D eigenvalue weighted by Crippen LogP contribution is 2.12. The lowest BCUT2D eigenvalue weighted by molar-refractivity contribution is 0.00279. The van der Waals surface area contributed by atoms with Gasteiger partial charge in [0.25, 0.3) is 0 Å². The summed E-state index contributed by atoms with van der Waals surface area (Å²) in [4.78, 5) is 2.25. The van der Waals surface area contributed by atoms with Gasteiger partial charge < -0.3 is 19.0 Å². The van der Waals surface area contributed by atoms with Gasteiger partial charge in [-0.05, 0) is 36.6 Å². The van der Waals surface area contributed by atoms with Crippen molar-refractivity contribution in [2.24, 2.45) is 0 Å². The fraction of sp³-hybridized carbons (Fsp3) is 0.500. The molecule has 5 heteroatoms. The van der Waals surface area contributed by atoms with Crippen LogP contribution in [-0.4, -0.2) is 49.5 Å². The summed E-state index contributed by atoms with van der Waals surface area (Å²) in [7, 11) is 1.71. The quantitative estimate of drug-likeness (QED) is 0.598. The lowest BCUT2D eigenvalue weighted by Crippen LogP contribution is -2.35. The Morgan fingerprint density at radius 1 is 1.20 bits per heavy atom. The van der Waals surface area contributed by atoms with Crippen LogP contribution in [0.4, 0.5) is 0 Å². The maximum absolute atomic E-state index is 10.3. The molecule has 0 bridgehead atoms. The van der Waals surface area contributed by atoms with Crippen molar-refractivity contribution in [1.82, 2.24) is 4.90 Å². The number of aliphatic hydroxyl groups is 1.